The summed E-state index contributed by atoms with van der Waals surface area (Å²) in [5.41, 5.74) is 8.30. The highest BCUT2D eigenvalue weighted by molar-refractivity contribution is 5.82. The number of carbonyl (C=O) groups excluding carboxylic acids is 1. The highest BCUT2D eigenvalue weighted by Gasteiger charge is 2.23. The molecule has 0 aliphatic carbocycles. The summed E-state index contributed by atoms with van der Waals surface area (Å²) in [7, 11) is 3.31. The maximum Gasteiger partial charge on any atom is 0.256 e. The average Bonchev–Trinajstić information content (AvgIpc) is 2.49. The van der Waals surface area contributed by atoms with Gasteiger partial charge >= 0.3 is 0 Å². The van der Waals surface area contributed by atoms with E-state index in [0.29, 0.717) is 12.2 Å². The molecule has 0 radical (unpaired) electrons. The molecule has 1 amide bonds. The summed E-state index contributed by atoms with van der Waals surface area (Å²) in [6.07, 6.45) is -0.586. The molecule has 0 aliphatic heterocycles. The minimum Gasteiger partial charge on any atom is -0.399 e. The number of rotatable bonds is 5. The van der Waals surface area contributed by atoms with Crippen molar-refractivity contribution in [3.63, 3.8) is 0 Å². The van der Waals surface area contributed by atoms with Gasteiger partial charge in [0.1, 0.15) is 0 Å². The van der Waals surface area contributed by atoms with Gasteiger partial charge in [0.25, 0.3) is 5.91 Å². The van der Waals surface area contributed by atoms with Crippen molar-refractivity contribution in [3.8, 4) is 0 Å². The molecule has 0 spiro atoms. The number of likely N-dealkylation sites (N-methyl/N-ethyl adjacent to an activating group) is 1. The van der Waals surface area contributed by atoms with Crippen LogP contribution < -0.4 is 5.73 Å². The lowest BCUT2D eigenvalue weighted by atomic mass is 10.1. The molecule has 2 aromatic carbocycles. The first-order chi connectivity index (χ1) is 10.1. The molecular weight excluding hydrogens is 264 g/mol. The Hall–Kier alpha value is -2.33. The number of nitrogen functional groups attached to an aromatic ring is 1. The summed E-state index contributed by atoms with van der Waals surface area (Å²) in [5.74, 6) is -0.0777. The molecule has 21 heavy (non-hydrogen) atoms. The van der Waals surface area contributed by atoms with Crippen molar-refractivity contribution in [2.24, 2.45) is 0 Å². The number of hydrogen-bond donors (Lipinski definition) is 1. The van der Waals surface area contributed by atoms with Crippen molar-refractivity contribution in [2.75, 3.05) is 19.9 Å². The molecule has 110 valence electrons. The molecule has 0 fully saturated rings. The van der Waals surface area contributed by atoms with Gasteiger partial charge in [0.15, 0.2) is 6.10 Å². The van der Waals surface area contributed by atoms with Crippen LogP contribution in [0.3, 0.4) is 0 Å². The van der Waals surface area contributed by atoms with Crippen LogP contribution in [0.1, 0.15) is 17.2 Å². The number of nitrogens with zero attached hydrogens (tertiary/aromatic N) is 1. The maximum atomic E-state index is 12.5. The Balaban J connectivity index is 2.10. The van der Waals surface area contributed by atoms with Gasteiger partial charge in [0.2, 0.25) is 0 Å². The maximum absolute atomic E-state index is 12.5. The van der Waals surface area contributed by atoms with E-state index in [1.807, 2.05) is 54.6 Å². The van der Waals surface area contributed by atoms with Crippen molar-refractivity contribution in [3.05, 3.63) is 65.7 Å². The SMILES string of the molecule is COC(C(=O)N(C)Cc1cccc(N)c1)c1ccccc1. The second kappa shape index (κ2) is 6.90. The highest BCUT2D eigenvalue weighted by Crippen LogP contribution is 2.20. The van der Waals surface area contributed by atoms with Gasteiger partial charge in [-0.2, -0.15) is 0 Å². The zero-order valence-electron chi connectivity index (χ0n) is 12.3. The third-order valence-corrected chi connectivity index (χ3v) is 3.31. The highest BCUT2D eigenvalue weighted by atomic mass is 16.5. The van der Waals surface area contributed by atoms with E-state index < -0.39 is 6.10 Å². The van der Waals surface area contributed by atoms with Gasteiger partial charge in [0.05, 0.1) is 0 Å². The molecule has 0 bridgehead atoms. The van der Waals surface area contributed by atoms with Crippen LogP contribution >= 0.6 is 0 Å². The van der Waals surface area contributed by atoms with E-state index in [1.54, 1.807) is 19.1 Å². The number of carbonyl (C=O) groups is 1. The van der Waals surface area contributed by atoms with Crippen molar-refractivity contribution >= 4 is 11.6 Å². The van der Waals surface area contributed by atoms with E-state index in [-0.39, 0.29) is 5.91 Å². The van der Waals surface area contributed by atoms with Gasteiger partial charge in [-0.3, -0.25) is 4.79 Å². The van der Waals surface area contributed by atoms with Crippen LogP contribution in [0.5, 0.6) is 0 Å². The lowest BCUT2D eigenvalue weighted by Gasteiger charge is -2.23. The van der Waals surface area contributed by atoms with Crippen LogP contribution in [-0.2, 0) is 16.1 Å². The third-order valence-electron chi connectivity index (χ3n) is 3.31. The van der Waals surface area contributed by atoms with Crippen LogP contribution in [0.4, 0.5) is 5.69 Å². The molecule has 0 heterocycles. The summed E-state index contributed by atoms with van der Waals surface area (Å²) in [6.45, 7) is 0.497. The Morgan fingerprint density at radius 2 is 1.90 bits per heavy atom. The van der Waals surface area contributed by atoms with E-state index in [1.165, 1.54) is 0 Å². The van der Waals surface area contributed by atoms with E-state index in [2.05, 4.69) is 0 Å². The number of amides is 1. The number of hydrogen-bond acceptors (Lipinski definition) is 3. The first kappa shape index (κ1) is 15.1. The second-order valence-corrected chi connectivity index (χ2v) is 4.97. The number of anilines is 1. The smallest absolute Gasteiger partial charge is 0.256 e. The quantitative estimate of drug-likeness (QED) is 0.859. The first-order valence-corrected chi connectivity index (χ1v) is 6.79. The molecule has 1 atom stereocenters. The molecule has 0 saturated heterocycles. The predicted octanol–water partition coefficient (Wildman–Crippen LogP) is 2.61. The summed E-state index contributed by atoms with van der Waals surface area (Å²) in [4.78, 5) is 14.2. The number of benzene rings is 2. The molecule has 0 saturated carbocycles. The van der Waals surface area contributed by atoms with E-state index in [0.717, 1.165) is 11.1 Å². The van der Waals surface area contributed by atoms with Gasteiger partial charge in [-0.05, 0) is 23.3 Å². The lowest BCUT2D eigenvalue weighted by molar-refractivity contribution is -0.141. The van der Waals surface area contributed by atoms with Gasteiger partial charge < -0.3 is 15.4 Å². The molecule has 1 unspecified atom stereocenters. The second-order valence-electron chi connectivity index (χ2n) is 4.97. The Bertz CT molecular complexity index is 599. The lowest BCUT2D eigenvalue weighted by Crippen LogP contribution is -2.32. The topological polar surface area (TPSA) is 55.6 Å². The fourth-order valence-corrected chi connectivity index (χ4v) is 2.25. The molecule has 4 nitrogen and oxygen atoms in total. The monoisotopic (exact) mass is 284 g/mol. The third kappa shape index (κ3) is 3.83. The Kier molecular flexibility index (Phi) is 4.95. The fraction of sp³-hybridized carbons (Fsp3) is 0.235. The first-order valence-electron chi connectivity index (χ1n) is 6.79. The molecule has 2 N–H and O–H groups in total. The molecule has 2 aromatic rings. The average molecular weight is 284 g/mol. The number of methoxy groups -OCH3 is 1. The molecule has 2 rings (SSSR count). The van der Waals surface area contributed by atoms with E-state index in [9.17, 15) is 4.79 Å². The minimum atomic E-state index is -0.586. The normalized spacial score (nSPS) is 11.9. The van der Waals surface area contributed by atoms with Gasteiger partial charge in [-0.1, -0.05) is 42.5 Å². The van der Waals surface area contributed by atoms with Gasteiger partial charge in [-0.25, -0.2) is 0 Å². The summed E-state index contributed by atoms with van der Waals surface area (Å²) in [5, 5.41) is 0. The van der Waals surface area contributed by atoms with Crippen molar-refractivity contribution in [2.45, 2.75) is 12.6 Å². The summed E-state index contributed by atoms with van der Waals surface area (Å²) < 4.78 is 5.36. The fourth-order valence-electron chi connectivity index (χ4n) is 2.25. The molecule has 4 heteroatoms. The van der Waals surface area contributed by atoms with Crippen LogP contribution in [0, 0.1) is 0 Å². The van der Waals surface area contributed by atoms with Gasteiger partial charge in [-0.15, -0.1) is 0 Å². The Labute approximate surface area is 125 Å². The zero-order chi connectivity index (χ0) is 15.2. The molecule has 0 aliphatic rings. The molecular formula is C17H20N2O2. The zero-order valence-corrected chi connectivity index (χ0v) is 12.3. The number of nitrogens with two attached hydrogens (primary N) is 1. The van der Waals surface area contributed by atoms with Crippen molar-refractivity contribution in [1.82, 2.24) is 4.90 Å². The van der Waals surface area contributed by atoms with Crippen LogP contribution in [-0.4, -0.2) is 25.0 Å². The van der Waals surface area contributed by atoms with Crippen molar-refractivity contribution in [1.29, 1.82) is 0 Å². The minimum absolute atomic E-state index is 0.0777. The number of ether oxygens (including phenoxy) is 1. The van der Waals surface area contributed by atoms with Crippen LogP contribution in [0.2, 0.25) is 0 Å². The summed E-state index contributed by atoms with van der Waals surface area (Å²) in [6, 6.07) is 17.0. The van der Waals surface area contributed by atoms with Crippen LogP contribution in [0.25, 0.3) is 0 Å². The Morgan fingerprint density at radius 1 is 1.19 bits per heavy atom. The Morgan fingerprint density at radius 3 is 2.52 bits per heavy atom. The van der Waals surface area contributed by atoms with Gasteiger partial charge in [0, 0.05) is 26.4 Å². The van der Waals surface area contributed by atoms with Crippen LogP contribution in [0.15, 0.2) is 54.6 Å². The standard InChI is InChI=1S/C17H20N2O2/c1-19(12-13-7-6-10-15(18)11-13)17(20)16(21-2)14-8-4-3-5-9-14/h3-11,16H,12,18H2,1-2H3. The molecule has 0 aromatic heterocycles. The predicted molar refractivity (Wildman–Crippen MR) is 83.5 cm³/mol. The van der Waals surface area contributed by atoms with Crippen molar-refractivity contribution < 1.29 is 9.53 Å². The summed E-state index contributed by atoms with van der Waals surface area (Å²) >= 11 is 0. The van der Waals surface area contributed by atoms with E-state index >= 15 is 0 Å². The largest absolute Gasteiger partial charge is 0.399 e. The van der Waals surface area contributed by atoms with E-state index in [4.69, 9.17) is 10.5 Å².